The number of nitrogens with zero attached hydrogens (tertiary/aromatic N) is 2. The van der Waals surface area contributed by atoms with Crippen molar-refractivity contribution in [1.82, 2.24) is 9.55 Å². The number of anilines is 1. The number of aromatic nitrogens is 2. The van der Waals surface area contributed by atoms with E-state index in [1.807, 2.05) is 0 Å². The number of hydrogen-bond donors (Lipinski definition) is 1. The first-order valence-corrected chi connectivity index (χ1v) is 6.40. The van der Waals surface area contributed by atoms with Crippen LogP contribution >= 0.6 is 0 Å². The van der Waals surface area contributed by atoms with Gasteiger partial charge in [-0.25, -0.2) is 9.18 Å². The maximum atomic E-state index is 13.8. The largest absolute Gasteiger partial charge is 0.463 e. The van der Waals surface area contributed by atoms with Crippen molar-refractivity contribution in [2.45, 2.75) is 26.2 Å². The molecule has 0 radical (unpaired) electrons. The number of hydrogen-bond acceptors (Lipinski definition) is 6. The Morgan fingerprint density at radius 1 is 1.45 bits per heavy atom. The third-order valence-corrected chi connectivity index (χ3v) is 2.73. The van der Waals surface area contributed by atoms with Crippen LogP contribution in [0.5, 0.6) is 0 Å². The molecule has 1 aliphatic heterocycles. The van der Waals surface area contributed by atoms with E-state index >= 15 is 0 Å². The van der Waals surface area contributed by atoms with Gasteiger partial charge in [-0.3, -0.25) is 14.2 Å². The second kappa shape index (κ2) is 6.48. The van der Waals surface area contributed by atoms with Gasteiger partial charge in [-0.2, -0.15) is 4.98 Å². The lowest BCUT2D eigenvalue weighted by Gasteiger charge is -2.16. The van der Waals surface area contributed by atoms with Crippen molar-refractivity contribution in [3.8, 4) is 0 Å². The second-order valence-electron chi connectivity index (χ2n) is 4.56. The highest BCUT2D eigenvalue weighted by atomic mass is 19.1. The summed E-state index contributed by atoms with van der Waals surface area (Å²) in [5.74, 6) is -2.30. The van der Waals surface area contributed by atoms with Gasteiger partial charge < -0.3 is 14.8 Å². The third kappa shape index (κ3) is 3.76. The predicted octanol–water partition coefficient (Wildman–Crippen LogP) is 0.357. The van der Waals surface area contributed by atoms with Crippen LogP contribution in [0.2, 0.25) is 0 Å². The van der Waals surface area contributed by atoms with Gasteiger partial charge in [0, 0.05) is 13.8 Å². The molecule has 2 atom stereocenters. The lowest BCUT2D eigenvalue weighted by molar-refractivity contribution is -0.145. The molecule has 1 aromatic heterocycles. The van der Waals surface area contributed by atoms with Crippen molar-refractivity contribution in [2.75, 3.05) is 11.9 Å². The van der Waals surface area contributed by atoms with Gasteiger partial charge in [-0.05, 0) is 6.08 Å². The van der Waals surface area contributed by atoms with Gasteiger partial charge in [-0.1, -0.05) is 6.08 Å². The van der Waals surface area contributed by atoms with Crippen molar-refractivity contribution in [1.29, 1.82) is 0 Å². The minimum atomic E-state index is -0.866. The average Bonchev–Trinajstić information content (AvgIpc) is 2.88. The Labute approximate surface area is 124 Å². The number of nitrogens with one attached hydrogen (secondary N) is 1. The lowest BCUT2D eigenvalue weighted by Crippen LogP contribution is -2.30. The molecular weight excluding hydrogens is 297 g/mol. The van der Waals surface area contributed by atoms with E-state index in [1.165, 1.54) is 19.9 Å². The highest BCUT2D eigenvalue weighted by Gasteiger charge is 2.23. The van der Waals surface area contributed by atoms with E-state index < -0.39 is 41.5 Å². The third-order valence-electron chi connectivity index (χ3n) is 2.73. The number of esters is 1. The van der Waals surface area contributed by atoms with Gasteiger partial charge in [0.15, 0.2) is 17.9 Å². The molecule has 0 saturated heterocycles. The maximum absolute atomic E-state index is 13.8. The molecule has 1 aromatic rings. The summed E-state index contributed by atoms with van der Waals surface area (Å²) >= 11 is 0. The summed E-state index contributed by atoms with van der Waals surface area (Å²) in [6, 6.07) is 0. The van der Waals surface area contributed by atoms with Crippen molar-refractivity contribution < 1.29 is 23.5 Å². The number of amides is 1. The summed E-state index contributed by atoms with van der Waals surface area (Å²) in [7, 11) is 0. The topological polar surface area (TPSA) is 99.5 Å². The molecule has 2 heterocycles. The standard InChI is InChI=1S/C13H14FN3O5/c1-7(18)15-12-10(14)5-17(13(20)16-12)11-4-3-9(22-11)6-21-8(2)19/h3-5,9,11H,6H2,1-2H3,(H,15,16,18,20)/t9-,11+/m0/s1. The van der Waals surface area contributed by atoms with Crippen LogP contribution in [-0.4, -0.2) is 34.1 Å². The molecule has 1 amide bonds. The number of carbonyl (C=O) groups is 2. The molecule has 1 aliphatic rings. The monoisotopic (exact) mass is 311 g/mol. The van der Waals surface area contributed by atoms with E-state index in [2.05, 4.69) is 10.3 Å². The van der Waals surface area contributed by atoms with E-state index in [0.717, 1.165) is 10.8 Å². The molecule has 0 bridgehead atoms. The van der Waals surface area contributed by atoms with E-state index in [-0.39, 0.29) is 6.61 Å². The molecule has 0 fully saturated rings. The Hall–Kier alpha value is -2.55. The molecule has 0 spiro atoms. The summed E-state index contributed by atoms with van der Waals surface area (Å²) in [6.07, 6.45) is 2.62. The first kappa shape index (κ1) is 15.8. The molecule has 0 saturated carbocycles. The fourth-order valence-corrected chi connectivity index (χ4v) is 1.82. The molecule has 0 aromatic carbocycles. The molecule has 1 N–H and O–H groups in total. The van der Waals surface area contributed by atoms with Gasteiger partial charge in [0.05, 0.1) is 6.20 Å². The minimum Gasteiger partial charge on any atom is -0.463 e. The van der Waals surface area contributed by atoms with Crippen molar-refractivity contribution >= 4 is 17.7 Å². The number of halogens is 1. The highest BCUT2D eigenvalue weighted by molar-refractivity contribution is 5.87. The first-order chi connectivity index (χ1) is 10.4. The molecule has 0 unspecified atom stereocenters. The summed E-state index contributed by atoms with van der Waals surface area (Å²) in [5.41, 5.74) is -0.784. The Balaban J connectivity index is 2.12. The van der Waals surface area contributed by atoms with Gasteiger partial charge in [0.25, 0.3) is 0 Å². The summed E-state index contributed by atoms with van der Waals surface area (Å²) in [4.78, 5) is 36.9. The van der Waals surface area contributed by atoms with Crippen LogP contribution in [0, 0.1) is 5.82 Å². The van der Waals surface area contributed by atoms with E-state index in [9.17, 15) is 18.8 Å². The summed E-state index contributed by atoms with van der Waals surface area (Å²) < 4.78 is 25.0. The SMILES string of the molecule is CC(=O)Nc1nc(=O)n([C@H]2C=C[C@@H](COC(C)=O)O2)cc1F. The van der Waals surface area contributed by atoms with Crippen LogP contribution in [0.15, 0.2) is 23.1 Å². The second-order valence-corrected chi connectivity index (χ2v) is 4.56. The fourth-order valence-electron chi connectivity index (χ4n) is 1.82. The van der Waals surface area contributed by atoms with Crippen LogP contribution in [0.1, 0.15) is 20.1 Å². The molecule has 0 aliphatic carbocycles. The van der Waals surface area contributed by atoms with Gasteiger partial charge >= 0.3 is 11.7 Å². The van der Waals surface area contributed by atoms with Crippen LogP contribution in [-0.2, 0) is 19.1 Å². The molecular formula is C13H14FN3O5. The van der Waals surface area contributed by atoms with Crippen molar-refractivity contribution in [3.05, 3.63) is 34.7 Å². The lowest BCUT2D eigenvalue weighted by atomic mass is 10.4. The molecule has 22 heavy (non-hydrogen) atoms. The Bertz CT molecular complexity index is 685. The first-order valence-electron chi connectivity index (χ1n) is 6.40. The highest BCUT2D eigenvalue weighted by Crippen LogP contribution is 2.21. The van der Waals surface area contributed by atoms with E-state index in [0.29, 0.717) is 0 Å². The smallest absolute Gasteiger partial charge is 0.352 e. The van der Waals surface area contributed by atoms with Crippen LogP contribution in [0.3, 0.4) is 0 Å². The maximum Gasteiger partial charge on any atom is 0.352 e. The molecule has 8 nitrogen and oxygen atoms in total. The number of ether oxygens (including phenoxy) is 2. The zero-order chi connectivity index (χ0) is 16.3. The zero-order valence-electron chi connectivity index (χ0n) is 11.9. The quantitative estimate of drug-likeness (QED) is 0.636. The Morgan fingerprint density at radius 3 is 2.82 bits per heavy atom. The van der Waals surface area contributed by atoms with E-state index in [1.54, 1.807) is 6.08 Å². The number of carbonyl (C=O) groups excluding carboxylic acids is 2. The number of rotatable bonds is 4. The van der Waals surface area contributed by atoms with Crippen LogP contribution in [0.4, 0.5) is 10.2 Å². The summed E-state index contributed by atoms with van der Waals surface area (Å²) in [6.45, 7) is 2.44. The molecule has 2 rings (SSSR count). The normalized spacial score (nSPS) is 20.0. The van der Waals surface area contributed by atoms with Gasteiger partial charge in [0.2, 0.25) is 5.91 Å². The van der Waals surface area contributed by atoms with Gasteiger partial charge in [0.1, 0.15) is 12.7 Å². The minimum absolute atomic E-state index is 0.00301. The summed E-state index contributed by atoms with van der Waals surface area (Å²) in [5, 5.41) is 2.12. The van der Waals surface area contributed by atoms with Gasteiger partial charge in [-0.15, -0.1) is 0 Å². The van der Waals surface area contributed by atoms with Crippen LogP contribution in [0.25, 0.3) is 0 Å². The Morgan fingerprint density at radius 2 is 2.18 bits per heavy atom. The van der Waals surface area contributed by atoms with Crippen molar-refractivity contribution in [2.24, 2.45) is 0 Å². The molecule has 118 valence electrons. The predicted molar refractivity (Wildman–Crippen MR) is 72.4 cm³/mol. The average molecular weight is 311 g/mol. The molecule has 9 heteroatoms. The van der Waals surface area contributed by atoms with Crippen molar-refractivity contribution in [3.63, 3.8) is 0 Å². The van der Waals surface area contributed by atoms with E-state index in [4.69, 9.17) is 9.47 Å². The Kier molecular flexibility index (Phi) is 4.66. The zero-order valence-corrected chi connectivity index (χ0v) is 11.9. The van der Waals surface area contributed by atoms with Crippen LogP contribution < -0.4 is 11.0 Å². The fraction of sp³-hybridized carbons (Fsp3) is 0.385.